The van der Waals surface area contributed by atoms with Crippen molar-refractivity contribution >= 4 is 44.3 Å². The Balaban J connectivity index is 1.88. The summed E-state index contributed by atoms with van der Waals surface area (Å²) in [7, 11) is -3.02. The van der Waals surface area contributed by atoms with E-state index in [1.54, 1.807) is 0 Å². The zero-order chi connectivity index (χ0) is 16.6. The Hall–Kier alpha value is -1.05. The summed E-state index contributed by atoms with van der Waals surface area (Å²) in [6.07, 6.45) is 0. The van der Waals surface area contributed by atoms with Crippen LogP contribution < -0.4 is 0 Å². The summed E-state index contributed by atoms with van der Waals surface area (Å²) in [5.41, 5.74) is 2.23. The van der Waals surface area contributed by atoms with Crippen LogP contribution in [0.15, 0.2) is 29.3 Å². The predicted octanol–water partition coefficient (Wildman–Crippen LogP) is 1.83. The maximum atomic E-state index is 11.9. The van der Waals surface area contributed by atoms with Gasteiger partial charge in [-0.25, -0.2) is 8.42 Å². The number of alkyl halides is 1. The van der Waals surface area contributed by atoms with E-state index in [9.17, 15) is 13.2 Å². The summed E-state index contributed by atoms with van der Waals surface area (Å²) < 4.78 is 23.8. The van der Waals surface area contributed by atoms with Crippen LogP contribution in [0.2, 0.25) is 0 Å². The van der Waals surface area contributed by atoms with Gasteiger partial charge in [-0.05, 0) is 12.5 Å². The SMILES string of the molecule is Cc1ccc(CN2C(=NC(=O)CCl)S[C@@H]3CS(=O)(=O)C[C@H]32)cc1. The molecular formula is C15H17ClN2O3S2. The van der Waals surface area contributed by atoms with Gasteiger partial charge in [0, 0.05) is 11.8 Å². The Morgan fingerprint density at radius 3 is 2.70 bits per heavy atom. The molecule has 0 unspecified atom stereocenters. The second-order valence-corrected chi connectivity index (χ2v) is 9.46. The van der Waals surface area contributed by atoms with Crippen molar-refractivity contribution in [1.29, 1.82) is 0 Å². The molecule has 124 valence electrons. The van der Waals surface area contributed by atoms with Crippen LogP contribution in [0.4, 0.5) is 0 Å². The number of halogens is 1. The minimum absolute atomic E-state index is 0.0627. The Morgan fingerprint density at radius 1 is 1.35 bits per heavy atom. The predicted molar refractivity (Wildman–Crippen MR) is 93.7 cm³/mol. The van der Waals surface area contributed by atoms with Crippen LogP contribution >= 0.6 is 23.4 Å². The molecule has 1 aromatic rings. The zero-order valence-corrected chi connectivity index (χ0v) is 15.0. The summed E-state index contributed by atoms with van der Waals surface area (Å²) in [5, 5.41) is 0.522. The number of aliphatic imine (C=N–C) groups is 1. The highest BCUT2D eigenvalue weighted by Crippen LogP contribution is 2.39. The van der Waals surface area contributed by atoms with Crippen molar-refractivity contribution in [1.82, 2.24) is 4.90 Å². The fourth-order valence-corrected chi connectivity index (χ4v) is 6.88. The maximum Gasteiger partial charge on any atom is 0.262 e. The molecule has 1 aromatic carbocycles. The van der Waals surface area contributed by atoms with Gasteiger partial charge in [0.05, 0.1) is 17.5 Å². The van der Waals surface area contributed by atoms with Crippen molar-refractivity contribution in [3.8, 4) is 0 Å². The molecule has 2 aliphatic heterocycles. The van der Waals surface area contributed by atoms with Gasteiger partial charge >= 0.3 is 0 Å². The van der Waals surface area contributed by atoms with Crippen molar-refractivity contribution in [3.63, 3.8) is 0 Å². The number of amides is 1. The highest BCUT2D eigenvalue weighted by atomic mass is 35.5. The van der Waals surface area contributed by atoms with Crippen LogP contribution in [0.25, 0.3) is 0 Å². The molecule has 0 saturated carbocycles. The van der Waals surface area contributed by atoms with Gasteiger partial charge in [-0.15, -0.1) is 11.6 Å². The fraction of sp³-hybridized carbons (Fsp3) is 0.467. The third kappa shape index (κ3) is 3.72. The molecule has 0 aromatic heterocycles. The molecule has 0 bridgehead atoms. The van der Waals surface area contributed by atoms with E-state index in [-0.39, 0.29) is 28.7 Å². The second kappa shape index (κ2) is 6.45. The molecule has 2 aliphatic rings. The van der Waals surface area contributed by atoms with Gasteiger partial charge in [0.2, 0.25) is 0 Å². The number of benzene rings is 1. The van der Waals surface area contributed by atoms with Crippen molar-refractivity contribution < 1.29 is 13.2 Å². The minimum atomic E-state index is -3.02. The molecular weight excluding hydrogens is 356 g/mol. The lowest BCUT2D eigenvalue weighted by molar-refractivity contribution is -0.115. The second-order valence-electron chi connectivity index (χ2n) is 5.84. The third-order valence-corrected chi connectivity index (χ3v) is 7.46. The number of rotatable bonds is 3. The maximum absolute atomic E-state index is 11.9. The number of amidine groups is 1. The van der Waals surface area contributed by atoms with Crippen LogP contribution in [-0.2, 0) is 21.2 Å². The molecule has 3 rings (SSSR count). The number of nitrogens with zero attached hydrogens (tertiary/aromatic N) is 2. The van der Waals surface area contributed by atoms with Crippen molar-refractivity contribution in [2.45, 2.75) is 24.8 Å². The first-order valence-corrected chi connectivity index (χ1v) is 10.5. The van der Waals surface area contributed by atoms with Crippen molar-refractivity contribution in [2.24, 2.45) is 4.99 Å². The first kappa shape index (κ1) is 16.8. The van der Waals surface area contributed by atoms with Crippen LogP contribution in [0, 0.1) is 6.92 Å². The number of thioether (sulfide) groups is 1. The summed E-state index contributed by atoms with van der Waals surface area (Å²) >= 11 is 6.92. The van der Waals surface area contributed by atoms with Crippen molar-refractivity contribution in [2.75, 3.05) is 17.4 Å². The molecule has 2 atom stereocenters. The van der Waals surface area contributed by atoms with Gasteiger partial charge in [0.1, 0.15) is 5.88 Å². The van der Waals surface area contributed by atoms with Gasteiger partial charge in [-0.3, -0.25) is 4.79 Å². The number of carbonyl (C=O) groups is 1. The topological polar surface area (TPSA) is 66.8 Å². The largest absolute Gasteiger partial charge is 0.342 e. The number of hydrogen-bond acceptors (Lipinski definition) is 4. The monoisotopic (exact) mass is 372 g/mol. The standard InChI is InChI=1S/C15H17ClN2O3S2/c1-10-2-4-11(5-3-10)7-18-12-8-23(20,21)9-13(12)22-15(18)17-14(19)6-16/h2-5,12-13H,6-9H2,1H3/t12-,13-/m1/s1. The van der Waals surface area contributed by atoms with Crippen molar-refractivity contribution in [3.05, 3.63) is 35.4 Å². The highest BCUT2D eigenvalue weighted by molar-refractivity contribution is 8.15. The average molecular weight is 373 g/mol. The Morgan fingerprint density at radius 2 is 2.04 bits per heavy atom. The van der Waals surface area contributed by atoms with Gasteiger partial charge in [-0.1, -0.05) is 41.6 Å². The minimum Gasteiger partial charge on any atom is -0.342 e. The number of fused-ring (bicyclic) bond motifs is 1. The molecule has 2 fully saturated rings. The summed E-state index contributed by atoms with van der Waals surface area (Å²) in [6.45, 7) is 2.56. The van der Waals surface area contributed by atoms with Gasteiger partial charge < -0.3 is 4.90 Å². The van der Waals surface area contributed by atoms with E-state index in [0.717, 1.165) is 11.1 Å². The Kier molecular flexibility index (Phi) is 4.71. The van der Waals surface area contributed by atoms with E-state index in [4.69, 9.17) is 11.6 Å². The first-order valence-electron chi connectivity index (χ1n) is 7.25. The van der Waals surface area contributed by atoms with Gasteiger partial charge in [-0.2, -0.15) is 4.99 Å². The molecule has 23 heavy (non-hydrogen) atoms. The molecule has 0 aliphatic carbocycles. The molecule has 0 spiro atoms. The molecule has 0 N–H and O–H groups in total. The highest BCUT2D eigenvalue weighted by Gasteiger charge is 2.48. The van der Waals surface area contributed by atoms with E-state index in [1.807, 2.05) is 36.1 Å². The van der Waals surface area contributed by atoms with Gasteiger partial charge in [0.25, 0.3) is 5.91 Å². The van der Waals surface area contributed by atoms with Gasteiger partial charge in [0.15, 0.2) is 15.0 Å². The lowest BCUT2D eigenvalue weighted by Crippen LogP contribution is -2.37. The van der Waals surface area contributed by atoms with Crippen LogP contribution in [-0.4, -0.2) is 53.1 Å². The number of carbonyl (C=O) groups excluding carboxylic acids is 1. The summed E-state index contributed by atoms with van der Waals surface area (Å²) in [5.74, 6) is -0.312. The third-order valence-electron chi connectivity index (χ3n) is 3.98. The molecule has 2 heterocycles. The lowest BCUT2D eigenvalue weighted by atomic mass is 10.1. The summed E-state index contributed by atoms with van der Waals surface area (Å²) in [4.78, 5) is 17.6. The first-order chi connectivity index (χ1) is 10.9. The molecule has 8 heteroatoms. The Labute approximate surface area is 145 Å². The number of sulfone groups is 1. The lowest BCUT2D eigenvalue weighted by Gasteiger charge is -2.24. The molecule has 2 saturated heterocycles. The van der Waals surface area contributed by atoms with E-state index in [1.165, 1.54) is 11.8 Å². The number of hydrogen-bond donors (Lipinski definition) is 0. The fourth-order valence-electron chi connectivity index (χ4n) is 2.85. The quantitative estimate of drug-likeness (QED) is 0.757. The van der Waals surface area contributed by atoms with Crippen LogP contribution in [0.5, 0.6) is 0 Å². The Bertz CT molecular complexity index is 746. The van der Waals surface area contributed by atoms with E-state index in [0.29, 0.717) is 11.7 Å². The summed E-state index contributed by atoms with van der Waals surface area (Å²) in [6, 6.07) is 7.92. The average Bonchev–Trinajstić information content (AvgIpc) is 2.94. The number of aryl methyl sites for hydroxylation is 1. The smallest absolute Gasteiger partial charge is 0.262 e. The van der Waals surface area contributed by atoms with E-state index in [2.05, 4.69) is 4.99 Å². The zero-order valence-electron chi connectivity index (χ0n) is 12.6. The van der Waals surface area contributed by atoms with Crippen LogP contribution in [0.1, 0.15) is 11.1 Å². The van der Waals surface area contributed by atoms with E-state index >= 15 is 0 Å². The molecule has 5 nitrogen and oxygen atoms in total. The van der Waals surface area contributed by atoms with Crippen LogP contribution in [0.3, 0.4) is 0 Å². The molecule has 0 radical (unpaired) electrons. The van der Waals surface area contributed by atoms with E-state index < -0.39 is 15.7 Å². The molecule has 1 amide bonds. The normalized spacial score (nSPS) is 27.4.